The number of rotatable bonds is 2. The summed E-state index contributed by atoms with van der Waals surface area (Å²) in [6.07, 6.45) is 4.85. The van der Waals surface area contributed by atoms with Gasteiger partial charge < -0.3 is 21.8 Å². The fourth-order valence-electron chi connectivity index (χ4n) is 1.12. The molecule has 0 radical (unpaired) electrons. The van der Waals surface area contributed by atoms with Crippen LogP contribution in [0.5, 0.6) is 0 Å². The molecule has 0 unspecified atom stereocenters. The van der Waals surface area contributed by atoms with Crippen LogP contribution >= 0.6 is 15.9 Å². The average Bonchev–Trinajstić information content (AvgIpc) is 2.65. The Morgan fingerprint density at radius 3 is 2.76 bits per heavy atom. The van der Waals surface area contributed by atoms with Gasteiger partial charge in [0.2, 0.25) is 0 Å². The van der Waals surface area contributed by atoms with Crippen molar-refractivity contribution in [3.05, 3.63) is 35.0 Å². The summed E-state index contributed by atoms with van der Waals surface area (Å²) in [7, 11) is 0. The minimum absolute atomic E-state index is 0. The first kappa shape index (κ1) is 16.8. The van der Waals surface area contributed by atoms with E-state index in [0.29, 0.717) is 15.8 Å². The van der Waals surface area contributed by atoms with Crippen molar-refractivity contribution >= 4 is 27.9 Å². The average molecular weight is 522 g/mol. The van der Waals surface area contributed by atoms with E-state index in [0.717, 1.165) is 0 Å². The zero-order valence-corrected chi connectivity index (χ0v) is 14.9. The fraction of sp³-hybridized carbons (Fsp3) is 0.200. The number of hydrogen-bond acceptors (Lipinski definition) is 4. The number of nitrogens with zero attached hydrogens (tertiary/aromatic N) is 3. The number of aromatic nitrogens is 3. The summed E-state index contributed by atoms with van der Waals surface area (Å²) in [5, 5.41) is 12.8. The summed E-state index contributed by atoms with van der Waals surface area (Å²) < 4.78 is 1.82. The third-order valence-corrected chi connectivity index (χ3v) is 2.32. The molecular formula is C10H10BrN3O2U. The molecule has 0 aromatic carbocycles. The molecule has 0 saturated heterocycles. The van der Waals surface area contributed by atoms with Crippen LogP contribution in [-0.4, -0.2) is 26.0 Å². The van der Waals surface area contributed by atoms with Gasteiger partial charge in [0.15, 0.2) is 0 Å². The number of aliphatic hydroxyl groups excluding tert-OH is 1. The number of fused-ring (bicyclic) bond motifs is 1. The van der Waals surface area contributed by atoms with Gasteiger partial charge in [-0.15, -0.1) is 15.9 Å². The van der Waals surface area contributed by atoms with Crippen LogP contribution < -0.4 is 0 Å². The standard InChI is InChI=1S/C8H5BrN3O2.C2H5.U/c9-7-6(4-14)8-10-1-5(3-13)2-12(8)11-7;1-2;/h1-2,13H,3H2;1H2,2H3;/q2*-1;+2. The van der Waals surface area contributed by atoms with Crippen LogP contribution in [0.15, 0.2) is 17.0 Å². The SMILES string of the molecule is O=[C-]c1c(Br)nn2cc(CO)cnc12.[CH2-]C.[U+2]. The summed E-state index contributed by atoms with van der Waals surface area (Å²) in [5.41, 5.74) is 1.34. The Kier molecular flexibility index (Phi) is 7.88. The minimum Gasteiger partial charge on any atom is -0.392 e. The molecule has 0 bridgehead atoms. The van der Waals surface area contributed by atoms with Gasteiger partial charge in [-0.2, -0.15) is 6.92 Å². The van der Waals surface area contributed by atoms with Crippen LogP contribution in [0.25, 0.3) is 5.65 Å². The molecule has 0 saturated carbocycles. The second-order valence-corrected chi connectivity index (χ2v) is 3.41. The summed E-state index contributed by atoms with van der Waals surface area (Å²) in [5.74, 6) is 0. The summed E-state index contributed by atoms with van der Waals surface area (Å²) in [4.78, 5) is 14.6. The first-order valence-electron chi connectivity index (χ1n) is 4.48. The summed E-state index contributed by atoms with van der Waals surface area (Å²) in [6.45, 7) is 4.89. The molecule has 0 spiro atoms. The van der Waals surface area contributed by atoms with Crippen LogP contribution in [0.4, 0.5) is 0 Å². The van der Waals surface area contributed by atoms with E-state index in [1.165, 1.54) is 10.7 Å². The number of hydrogen-bond donors (Lipinski definition) is 1. The van der Waals surface area contributed by atoms with Gasteiger partial charge in [-0.25, -0.2) is 5.10 Å². The molecule has 2 rings (SSSR count). The molecule has 0 aliphatic carbocycles. The van der Waals surface area contributed by atoms with E-state index in [4.69, 9.17) is 5.11 Å². The predicted octanol–water partition coefficient (Wildman–Crippen LogP) is 1.28. The van der Waals surface area contributed by atoms with Gasteiger partial charge in [0.1, 0.15) is 0 Å². The fourth-order valence-corrected chi connectivity index (χ4v) is 1.55. The van der Waals surface area contributed by atoms with Crippen molar-refractivity contribution in [2.75, 3.05) is 0 Å². The van der Waals surface area contributed by atoms with Crippen molar-refractivity contribution in [3.8, 4) is 0 Å². The second-order valence-electron chi connectivity index (χ2n) is 2.66. The van der Waals surface area contributed by atoms with E-state index in [1.807, 2.05) is 0 Å². The van der Waals surface area contributed by atoms with Gasteiger partial charge in [-0.1, -0.05) is 5.56 Å². The van der Waals surface area contributed by atoms with E-state index in [9.17, 15) is 4.79 Å². The van der Waals surface area contributed by atoms with Gasteiger partial charge in [-0.3, -0.25) is 4.52 Å². The second kappa shape index (κ2) is 7.98. The van der Waals surface area contributed by atoms with Gasteiger partial charge in [0.05, 0.1) is 18.5 Å². The van der Waals surface area contributed by atoms with Gasteiger partial charge in [0.25, 0.3) is 0 Å². The third-order valence-electron chi connectivity index (χ3n) is 1.77. The molecule has 7 heteroatoms. The predicted molar refractivity (Wildman–Crippen MR) is 62.4 cm³/mol. The monoisotopic (exact) mass is 521 g/mol. The Balaban J connectivity index is 0.000000811. The van der Waals surface area contributed by atoms with Crippen molar-refractivity contribution < 1.29 is 41.0 Å². The van der Waals surface area contributed by atoms with Crippen molar-refractivity contribution in [2.45, 2.75) is 13.5 Å². The third kappa shape index (κ3) is 3.62. The van der Waals surface area contributed by atoms with Crippen LogP contribution in [0.3, 0.4) is 0 Å². The summed E-state index contributed by atoms with van der Waals surface area (Å²) in [6, 6.07) is 0. The Labute approximate surface area is 131 Å². The molecule has 0 atom stereocenters. The molecule has 0 amide bonds. The van der Waals surface area contributed by atoms with Gasteiger partial charge >= 0.3 is 31.1 Å². The molecular weight excluding hydrogens is 512 g/mol. The molecule has 17 heavy (non-hydrogen) atoms. The molecule has 2 heterocycles. The topological polar surface area (TPSA) is 67.5 Å². The van der Waals surface area contributed by atoms with Crippen LogP contribution in [0.2, 0.25) is 0 Å². The normalized spacial score (nSPS) is 9.18. The molecule has 88 valence electrons. The largest absolute Gasteiger partial charge is 2.00 e. The Morgan fingerprint density at radius 1 is 1.59 bits per heavy atom. The molecule has 2 aromatic rings. The zero-order chi connectivity index (χ0) is 12.1. The first-order chi connectivity index (χ1) is 7.76. The summed E-state index contributed by atoms with van der Waals surface area (Å²) >= 11 is 3.12. The zero-order valence-electron chi connectivity index (χ0n) is 9.14. The van der Waals surface area contributed by atoms with E-state index in [2.05, 4.69) is 32.9 Å². The quantitative estimate of drug-likeness (QED) is 0.605. The molecule has 0 aliphatic rings. The van der Waals surface area contributed by atoms with E-state index in [1.54, 1.807) is 19.4 Å². The van der Waals surface area contributed by atoms with Gasteiger partial charge in [0, 0.05) is 22.6 Å². The Bertz CT molecular complexity index is 502. The van der Waals surface area contributed by atoms with E-state index >= 15 is 0 Å². The Morgan fingerprint density at radius 2 is 2.24 bits per heavy atom. The van der Waals surface area contributed by atoms with Crippen molar-refractivity contribution in [1.82, 2.24) is 14.6 Å². The van der Waals surface area contributed by atoms with Gasteiger partial charge in [-0.05, 0) is 0 Å². The molecule has 1 N–H and O–H groups in total. The maximum absolute atomic E-state index is 10.6. The maximum Gasteiger partial charge on any atom is 2.00 e. The van der Waals surface area contributed by atoms with Crippen LogP contribution in [0.1, 0.15) is 18.1 Å². The molecule has 2 aromatic heterocycles. The van der Waals surface area contributed by atoms with Crippen LogP contribution in [-0.2, 0) is 11.4 Å². The number of halogens is 1. The minimum atomic E-state index is -0.111. The molecule has 5 nitrogen and oxygen atoms in total. The number of aliphatic hydroxyl groups is 1. The molecule has 0 aliphatic heterocycles. The van der Waals surface area contributed by atoms with E-state index < -0.39 is 0 Å². The number of carbonyl (C=O) groups excluding carboxylic acids is 1. The van der Waals surface area contributed by atoms with Crippen molar-refractivity contribution in [2.24, 2.45) is 0 Å². The smallest absolute Gasteiger partial charge is 0.392 e. The van der Waals surface area contributed by atoms with Crippen molar-refractivity contribution in [3.63, 3.8) is 0 Å². The molecule has 0 fully saturated rings. The van der Waals surface area contributed by atoms with Crippen LogP contribution in [0, 0.1) is 38.0 Å². The Hall–Kier alpha value is -0.218. The first-order valence-corrected chi connectivity index (χ1v) is 5.28. The van der Waals surface area contributed by atoms with Crippen molar-refractivity contribution in [1.29, 1.82) is 0 Å². The van der Waals surface area contributed by atoms with E-state index in [-0.39, 0.29) is 43.3 Å². The maximum atomic E-state index is 10.6.